The predicted octanol–water partition coefficient (Wildman–Crippen LogP) is 2.26. The fourth-order valence-electron chi connectivity index (χ4n) is 2.51. The number of carbonyl (C=O) groups excluding carboxylic acids is 1. The predicted molar refractivity (Wildman–Crippen MR) is 75.1 cm³/mol. The number of nitrogens with zero attached hydrogens (tertiary/aromatic N) is 2. The van der Waals surface area contributed by atoms with Gasteiger partial charge in [-0.05, 0) is 42.7 Å². The number of nitrogens with two attached hydrogens (primary N) is 1. The number of aromatic nitrogens is 1. The quantitative estimate of drug-likeness (QED) is 0.793. The summed E-state index contributed by atoms with van der Waals surface area (Å²) in [5.41, 5.74) is 9.44. The van der Waals surface area contributed by atoms with Crippen LogP contribution in [0, 0.1) is 0 Å². The van der Waals surface area contributed by atoms with E-state index in [1.165, 1.54) is 0 Å². The maximum absolute atomic E-state index is 12.5. The number of anilines is 2. The second-order valence-electron chi connectivity index (χ2n) is 4.64. The molecule has 1 aromatic heterocycles. The molecule has 0 fully saturated rings. The molecular weight excluding hydrogens is 238 g/mol. The minimum Gasteiger partial charge on any atom is -0.398 e. The molecule has 4 heteroatoms. The molecule has 0 unspecified atom stereocenters. The van der Waals surface area contributed by atoms with Gasteiger partial charge in [-0.15, -0.1) is 0 Å². The lowest BCUT2D eigenvalue weighted by Crippen LogP contribution is -2.35. The number of hydrogen-bond acceptors (Lipinski definition) is 3. The third-order valence-electron chi connectivity index (χ3n) is 3.46. The van der Waals surface area contributed by atoms with Crippen molar-refractivity contribution in [1.29, 1.82) is 0 Å². The summed E-state index contributed by atoms with van der Waals surface area (Å²) in [6, 6.07) is 9.22. The number of rotatable bonds is 1. The summed E-state index contributed by atoms with van der Waals surface area (Å²) in [6.07, 6.45) is 5.15. The molecule has 0 aliphatic carbocycles. The lowest BCUT2D eigenvalue weighted by molar-refractivity contribution is 0.0985. The van der Waals surface area contributed by atoms with Crippen LogP contribution in [-0.4, -0.2) is 17.4 Å². The van der Waals surface area contributed by atoms with E-state index < -0.39 is 0 Å². The zero-order chi connectivity index (χ0) is 13.2. The Balaban J connectivity index is 2.01. The monoisotopic (exact) mass is 253 g/mol. The van der Waals surface area contributed by atoms with Gasteiger partial charge in [-0.1, -0.05) is 6.07 Å². The summed E-state index contributed by atoms with van der Waals surface area (Å²) in [4.78, 5) is 18.3. The highest BCUT2D eigenvalue weighted by Gasteiger charge is 2.24. The molecule has 1 aromatic carbocycles. The van der Waals surface area contributed by atoms with Crippen molar-refractivity contribution in [2.24, 2.45) is 0 Å². The van der Waals surface area contributed by atoms with Crippen LogP contribution in [0.3, 0.4) is 0 Å². The molecule has 96 valence electrons. The maximum atomic E-state index is 12.5. The lowest BCUT2D eigenvalue weighted by Gasteiger charge is -2.30. The van der Waals surface area contributed by atoms with Gasteiger partial charge >= 0.3 is 0 Å². The summed E-state index contributed by atoms with van der Waals surface area (Å²) >= 11 is 0. The van der Waals surface area contributed by atoms with E-state index in [0.29, 0.717) is 5.56 Å². The van der Waals surface area contributed by atoms with Crippen molar-refractivity contribution in [3.63, 3.8) is 0 Å². The minimum absolute atomic E-state index is 0.00829. The molecule has 0 radical (unpaired) electrons. The molecule has 19 heavy (non-hydrogen) atoms. The van der Waals surface area contributed by atoms with Crippen molar-refractivity contribution in [1.82, 2.24) is 4.98 Å². The average molecular weight is 253 g/mol. The smallest absolute Gasteiger partial charge is 0.258 e. The topological polar surface area (TPSA) is 59.2 Å². The van der Waals surface area contributed by atoms with E-state index in [-0.39, 0.29) is 5.91 Å². The first kappa shape index (κ1) is 11.7. The second-order valence-corrected chi connectivity index (χ2v) is 4.64. The molecule has 3 rings (SSSR count). The highest BCUT2D eigenvalue weighted by Crippen LogP contribution is 2.32. The second kappa shape index (κ2) is 4.72. The van der Waals surface area contributed by atoms with Crippen molar-refractivity contribution in [2.75, 3.05) is 17.2 Å². The Kier molecular flexibility index (Phi) is 2.91. The van der Waals surface area contributed by atoms with Gasteiger partial charge in [-0.25, -0.2) is 0 Å². The van der Waals surface area contributed by atoms with Gasteiger partial charge in [0, 0.05) is 35.9 Å². The van der Waals surface area contributed by atoms with Gasteiger partial charge in [0.25, 0.3) is 5.91 Å². The number of carbonyl (C=O) groups is 1. The molecule has 1 aliphatic rings. The van der Waals surface area contributed by atoms with Crippen LogP contribution in [0.1, 0.15) is 22.3 Å². The van der Waals surface area contributed by atoms with Gasteiger partial charge in [0.2, 0.25) is 0 Å². The number of nitrogen functional groups attached to an aromatic ring is 1. The number of amides is 1. The highest BCUT2D eigenvalue weighted by atomic mass is 16.2. The maximum Gasteiger partial charge on any atom is 0.258 e. The van der Waals surface area contributed by atoms with E-state index in [0.717, 1.165) is 36.3 Å². The van der Waals surface area contributed by atoms with Crippen LogP contribution >= 0.6 is 0 Å². The molecule has 2 N–H and O–H groups in total. The zero-order valence-electron chi connectivity index (χ0n) is 10.5. The van der Waals surface area contributed by atoms with E-state index >= 15 is 0 Å². The summed E-state index contributed by atoms with van der Waals surface area (Å²) in [5, 5.41) is 0. The fraction of sp³-hybridized carbons (Fsp3) is 0.200. The van der Waals surface area contributed by atoms with Crippen LogP contribution in [0.4, 0.5) is 11.4 Å². The minimum atomic E-state index is 0.00829. The van der Waals surface area contributed by atoms with Gasteiger partial charge in [-0.2, -0.15) is 0 Å². The Morgan fingerprint density at radius 2 is 2.00 bits per heavy atom. The van der Waals surface area contributed by atoms with Crippen LogP contribution in [0.15, 0.2) is 42.7 Å². The van der Waals surface area contributed by atoms with Crippen molar-refractivity contribution in [2.45, 2.75) is 12.8 Å². The first-order valence-corrected chi connectivity index (χ1v) is 6.36. The van der Waals surface area contributed by atoms with E-state index in [1.807, 2.05) is 23.1 Å². The number of pyridine rings is 1. The SMILES string of the molecule is Nc1cccc2c1CCCN2C(=O)c1ccncc1. The highest BCUT2D eigenvalue weighted by molar-refractivity contribution is 6.07. The molecule has 0 saturated carbocycles. The molecule has 4 nitrogen and oxygen atoms in total. The molecule has 2 heterocycles. The molecule has 0 saturated heterocycles. The van der Waals surface area contributed by atoms with E-state index in [1.54, 1.807) is 24.5 Å². The summed E-state index contributed by atoms with van der Waals surface area (Å²) in [5.74, 6) is 0.00829. The van der Waals surface area contributed by atoms with Crippen molar-refractivity contribution in [3.05, 3.63) is 53.9 Å². The third-order valence-corrected chi connectivity index (χ3v) is 3.46. The molecule has 1 amide bonds. The molecule has 0 spiro atoms. The standard InChI is InChI=1S/C15H15N3O/c16-13-4-1-5-14-12(13)3-2-10-18(14)15(19)11-6-8-17-9-7-11/h1,4-9H,2-3,10,16H2. The summed E-state index contributed by atoms with van der Waals surface area (Å²) in [7, 11) is 0. The molecule has 0 bridgehead atoms. The fourth-order valence-corrected chi connectivity index (χ4v) is 2.51. The van der Waals surface area contributed by atoms with Gasteiger partial charge in [0.15, 0.2) is 0 Å². The van der Waals surface area contributed by atoms with Crippen molar-refractivity contribution >= 4 is 17.3 Å². The van der Waals surface area contributed by atoms with Crippen LogP contribution in [0.25, 0.3) is 0 Å². The van der Waals surface area contributed by atoms with E-state index in [2.05, 4.69) is 4.98 Å². The average Bonchev–Trinajstić information content (AvgIpc) is 2.47. The van der Waals surface area contributed by atoms with E-state index in [4.69, 9.17) is 5.73 Å². The lowest BCUT2D eigenvalue weighted by atomic mass is 9.99. The van der Waals surface area contributed by atoms with Crippen molar-refractivity contribution < 1.29 is 4.79 Å². The molecule has 1 aliphatic heterocycles. The Morgan fingerprint density at radius 3 is 2.79 bits per heavy atom. The Morgan fingerprint density at radius 1 is 1.21 bits per heavy atom. The van der Waals surface area contributed by atoms with Crippen LogP contribution in [0.2, 0.25) is 0 Å². The first-order valence-electron chi connectivity index (χ1n) is 6.36. The third kappa shape index (κ3) is 2.05. The van der Waals surface area contributed by atoms with Gasteiger partial charge in [0.05, 0.1) is 0 Å². The Labute approximate surface area is 111 Å². The molecular formula is C15H15N3O. The van der Waals surface area contributed by atoms with E-state index in [9.17, 15) is 4.79 Å². The zero-order valence-corrected chi connectivity index (χ0v) is 10.5. The number of fused-ring (bicyclic) bond motifs is 1. The Bertz CT molecular complexity index is 610. The summed E-state index contributed by atoms with van der Waals surface area (Å²) < 4.78 is 0. The van der Waals surface area contributed by atoms with Gasteiger partial charge in [0.1, 0.15) is 0 Å². The van der Waals surface area contributed by atoms with Crippen LogP contribution in [-0.2, 0) is 6.42 Å². The molecule has 2 aromatic rings. The largest absolute Gasteiger partial charge is 0.398 e. The summed E-state index contributed by atoms with van der Waals surface area (Å²) in [6.45, 7) is 0.734. The van der Waals surface area contributed by atoms with Gasteiger partial charge in [-0.3, -0.25) is 9.78 Å². The van der Waals surface area contributed by atoms with Crippen molar-refractivity contribution in [3.8, 4) is 0 Å². The van der Waals surface area contributed by atoms with Crippen LogP contribution < -0.4 is 10.6 Å². The Hall–Kier alpha value is -2.36. The first-order chi connectivity index (χ1) is 9.27. The van der Waals surface area contributed by atoms with Gasteiger partial charge < -0.3 is 10.6 Å². The normalized spacial score (nSPS) is 14.0. The number of benzene rings is 1. The number of hydrogen-bond donors (Lipinski definition) is 1. The molecule has 0 atom stereocenters. The van der Waals surface area contributed by atoms with Crippen LogP contribution in [0.5, 0.6) is 0 Å².